The Hall–Kier alpha value is 0.360. The van der Waals surface area contributed by atoms with Gasteiger partial charge in [-0.3, -0.25) is 0 Å². The summed E-state index contributed by atoms with van der Waals surface area (Å²) in [6.07, 6.45) is 8.34. The van der Waals surface area contributed by atoms with Gasteiger partial charge in [0.1, 0.15) is 5.25 Å². The van der Waals surface area contributed by atoms with Crippen LogP contribution in [-0.4, -0.2) is 5.25 Å². The molecular weight excluding hydrogens is 285 g/mol. The van der Waals surface area contributed by atoms with Crippen molar-refractivity contribution in [2.45, 2.75) is 57.6 Å². The van der Waals surface area contributed by atoms with Crippen molar-refractivity contribution in [2.75, 3.05) is 0 Å². The van der Waals surface area contributed by atoms with Gasteiger partial charge in [-0.1, -0.05) is 32.6 Å². The average Bonchev–Trinajstić information content (AvgIpc) is 1.97. The van der Waals surface area contributed by atoms with Gasteiger partial charge in [-0.05, 0) is 32.4 Å². The van der Waals surface area contributed by atoms with Crippen molar-refractivity contribution in [1.82, 2.24) is 0 Å². The molecule has 0 aliphatic rings. The van der Waals surface area contributed by atoms with Gasteiger partial charge in [0.25, 0.3) is 0 Å². The summed E-state index contributed by atoms with van der Waals surface area (Å²) in [5, 5.41) is 0.710. The van der Waals surface area contributed by atoms with Gasteiger partial charge in [0.2, 0.25) is 0 Å². The van der Waals surface area contributed by atoms with Gasteiger partial charge in [-0.15, -0.1) is 0 Å². The Morgan fingerprint density at radius 3 is 1.53 bits per heavy atom. The Morgan fingerprint density at radius 2 is 1.24 bits per heavy atom. The molecule has 110 valence electrons. The van der Waals surface area contributed by atoms with Crippen LogP contribution in [0.5, 0.6) is 0 Å². The minimum absolute atomic E-state index is 0.710. The molecule has 0 rings (SSSR count). The van der Waals surface area contributed by atoms with E-state index in [1.807, 2.05) is 0 Å². The van der Waals surface area contributed by atoms with Gasteiger partial charge in [-0.25, -0.2) is 0 Å². The first-order chi connectivity index (χ1) is 7.22. The van der Waals surface area contributed by atoms with Crippen LogP contribution in [0, 0.1) is 0 Å². The molecule has 0 aromatic carbocycles. The number of hydrogen-bond donors (Lipinski definition) is 0. The van der Waals surface area contributed by atoms with Crippen molar-refractivity contribution in [2.24, 2.45) is 0 Å². The van der Waals surface area contributed by atoms with E-state index < -0.39 is 7.81 Å². The van der Waals surface area contributed by atoms with Crippen LogP contribution >= 0.6 is 7.81 Å². The summed E-state index contributed by atoms with van der Waals surface area (Å²) >= 11 is 3.59. The molecule has 0 radical (unpaired) electrons. The molecule has 0 nitrogen and oxygen atoms in total. The quantitative estimate of drug-likeness (QED) is 0.240. The molecule has 17 heavy (non-hydrogen) atoms. The fourth-order valence-corrected chi connectivity index (χ4v) is 1.26. The van der Waals surface area contributed by atoms with Gasteiger partial charge in [0.05, 0.1) is 0 Å². The SMILES string of the molecule is CCCCCCCC(C)[SH2+].F[P-](F)(F)(F)(F)F. The molecule has 0 aliphatic carbocycles. The third-order valence-corrected chi connectivity index (χ3v) is 2.03. The Balaban J connectivity index is 0. The molecule has 0 saturated carbocycles. The first kappa shape index (κ1) is 19.7. The zero-order valence-electron chi connectivity index (χ0n) is 10.0. The van der Waals surface area contributed by atoms with Crippen molar-refractivity contribution in [3.8, 4) is 0 Å². The van der Waals surface area contributed by atoms with Crippen LogP contribution in [0.3, 0.4) is 0 Å². The Morgan fingerprint density at radius 1 is 0.882 bits per heavy atom. The van der Waals surface area contributed by atoms with E-state index in [4.69, 9.17) is 0 Å². The molecule has 0 heterocycles. The summed E-state index contributed by atoms with van der Waals surface area (Å²) in [4.78, 5) is 0. The first-order valence-corrected chi connectivity index (χ1v) is 8.10. The Kier molecular flexibility index (Phi) is 7.54. The molecule has 0 saturated heterocycles. The molecule has 0 aromatic rings. The topological polar surface area (TPSA) is 0 Å². The third-order valence-electron chi connectivity index (χ3n) is 1.74. The molecule has 0 aromatic heterocycles. The van der Waals surface area contributed by atoms with Crippen molar-refractivity contribution < 1.29 is 25.2 Å². The second kappa shape index (κ2) is 6.50. The summed E-state index contributed by atoms with van der Waals surface area (Å²) in [5.74, 6) is 0. The van der Waals surface area contributed by atoms with Crippen LogP contribution in [-0.2, 0) is 12.6 Å². The monoisotopic (exact) mass is 306 g/mol. The second-order valence-electron chi connectivity index (χ2n) is 4.06. The van der Waals surface area contributed by atoms with Crippen LogP contribution in [0.1, 0.15) is 52.4 Å². The summed E-state index contributed by atoms with van der Waals surface area (Å²) in [7, 11) is -10.7. The zero-order valence-corrected chi connectivity index (χ0v) is 11.9. The summed E-state index contributed by atoms with van der Waals surface area (Å²) in [6.45, 7) is 4.48. The van der Waals surface area contributed by atoms with Gasteiger partial charge in [-0.2, -0.15) is 0 Å². The zero-order chi connectivity index (χ0) is 14.2. The van der Waals surface area contributed by atoms with Crippen LogP contribution in [0.25, 0.3) is 0 Å². The van der Waals surface area contributed by atoms with Crippen molar-refractivity contribution in [1.29, 1.82) is 0 Å². The molecule has 0 N–H and O–H groups in total. The van der Waals surface area contributed by atoms with Crippen LogP contribution in [0.2, 0.25) is 0 Å². The molecule has 1 atom stereocenters. The maximum atomic E-state index is 9.87. The Labute approximate surface area is 104 Å². The number of hydrogen-bond acceptors (Lipinski definition) is 0. The molecule has 0 amide bonds. The van der Waals surface area contributed by atoms with Gasteiger partial charge in [0, 0.05) is 0 Å². The summed E-state index contributed by atoms with van der Waals surface area (Å²) < 4.78 is 59.2. The van der Waals surface area contributed by atoms with E-state index in [1.54, 1.807) is 0 Å². The van der Waals surface area contributed by atoms with E-state index in [9.17, 15) is 25.2 Å². The predicted octanol–water partition coefficient (Wildman–Crippen LogP) is 6.13. The van der Waals surface area contributed by atoms with E-state index >= 15 is 0 Å². The van der Waals surface area contributed by atoms with E-state index in [0.29, 0.717) is 5.25 Å². The van der Waals surface area contributed by atoms with Crippen molar-refractivity contribution in [3.63, 3.8) is 0 Å². The Bertz CT molecular complexity index is 185. The number of unbranched alkanes of at least 4 members (excludes halogenated alkanes) is 4. The van der Waals surface area contributed by atoms with Crippen LogP contribution in [0.4, 0.5) is 25.2 Å². The second-order valence-corrected chi connectivity index (χ2v) is 6.96. The van der Waals surface area contributed by atoms with Gasteiger partial charge >= 0.3 is 33.0 Å². The minimum atomic E-state index is -10.7. The molecule has 0 fully saturated rings. The van der Waals surface area contributed by atoms with Gasteiger partial charge in [0.15, 0.2) is 0 Å². The average molecular weight is 306 g/mol. The standard InChI is InChI=1S/C9H20S.F6P/c1-3-4-5-6-7-8-9(2)10;1-7(2,3,4,5)6/h9-10H,3-8H2,1-2H3;/q;-1/p+1. The number of halogens is 6. The number of rotatable bonds is 6. The van der Waals surface area contributed by atoms with Gasteiger partial charge < -0.3 is 0 Å². The molecule has 8 heteroatoms. The van der Waals surface area contributed by atoms with Crippen LogP contribution in [0.15, 0.2) is 0 Å². The van der Waals surface area contributed by atoms with E-state index in [2.05, 4.69) is 26.5 Å². The molecular formula is C9H21F6PS. The van der Waals surface area contributed by atoms with E-state index in [1.165, 1.54) is 38.5 Å². The molecule has 0 spiro atoms. The summed E-state index contributed by atoms with van der Waals surface area (Å²) in [6, 6.07) is 0. The van der Waals surface area contributed by atoms with Crippen LogP contribution < -0.4 is 0 Å². The maximum absolute atomic E-state index is 10.7. The first-order valence-electron chi connectivity index (χ1n) is 5.50. The van der Waals surface area contributed by atoms with E-state index in [-0.39, 0.29) is 0 Å². The van der Waals surface area contributed by atoms with Crippen molar-refractivity contribution >= 4 is 20.4 Å². The molecule has 0 bridgehead atoms. The molecule has 0 aliphatic heterocycles. The summed E-state index contributed by atoms with van der Waals surface area (Å²) in [5.41, 5.74) is 0. The van der Waals surface area contributed by atoms with E-state index in [0.717, 1.165) is 0 Å². The third kappa shape index (κ3) is 62.3. The van der Waals surface area contributed by atoms with Crippen molar-refractivity contribution in [3.05, 3.63) is 0 Å². The predicted molar refractivity (Wildman–Crippen MR) is 66.6 cm³/mol. The normalized spacial score (nSPS) is 17.5. The molecule has 1 unspecified atom stereocenters. The fraction of sp³-hybridized carbons (Fsp3) is 1.00. The fourth-order valence-electron chi connectivity index (χ4n) is 1.05.